The zero-order valence-electron chi connectivity index (χ0n) is 10.8. The third-order valence-corrected chi connectivity index (χ3v) is 1.56. The van der Waals surface area contributed by atoms with E-state index in [9.17, 15) is 39.6 Å². The van der Waals surface area contributed by atoms with Crippen molar-refractivity contribution in [2.75, 3.05) is 0 Å². The quantitative estimate of drug-likeness (QED) is 0.230. The minimum Gasteiger partial charge on any atom is -0.547 e. The molecule has 0 fully saturated rings. The number of hydrogen-bond acceptors (Lipinski definition) is 12. The Hall–Kier alpha value is -0.397. The minimum atomic E-state index is -2.44. The van der Waals surface area contributed by atoms with Crippen molar-refractivity contribution in [1.29, 1.82) is 0 Å². The van der Waals surface area contributed by atoms with Gasteiger partial charge in [0.1, 0.15) is 24.4 Å². The molecule has 0 aromatic carbocycles. The maximum atomic E-state index is 9.63. The normalized spacial score (nSPS) is 14.4. The summed E-state index contributed by atoms with van der Waals surface area (Å²) in [4.78, 5) is 38.5. The molecule has 130 valence electrons. The summed E-state index contributed by atoms with van der Waals surface area (Å²) in [7, 11) is 0. The van der Waals surface area contributed by atoms with Crippen LogP contribution in [0.15, 0.2) is 0 Å². The molecule has 4 atom stereocenters. The standard InChI is InChI=1S/2C4H6O6.Bi.Na.6H2/c2*5-1(3(7)8)2(6)4(9)10;;;;;;;;/h2*1-2,5-6H,(H,7,8)(H,9,10);;;6*1H/q;;+3;+1;;;;;;/p-4. The van der Waals surface area contributed by atoms with Crippen LogP contribution in [0.1, 0.15) is 8.56 Å². The molecule has 0 aliphatic rings. The first-order chi connectivity index (χ1) is 8.93. The maximum Gasteiger partial charge on any atom is 3.00 e. The molecule has 0 aromatic heterocycles. The van der Waals surface area contributed by atoms with Crippen molar-refractivity contribution in [3.05, 3.63) is 0 Å². The van der Waals surface area contributed by atoms with Gasteiger partial charge >= 0.3 is 55.8 Å². The van der Waals surface area contributed by atoms with E-state index >= 15 is 0 Å². The summed E-state index contributed by atoms with van der Waals surface area (Å²) in [6.45, 7) is 0. The molecule has 0 rings (SSSR count). The van der Waals surface area contributed by atoms with Crippen molar-refractivity contribution < 1.29 is 98.1 Å². The first kappa shape index (κ1) is 29.6. The van der Waals surface area contributed by atoms with Crippen LogP contribution in [0.5, 0.6) is 0 Å². The van der Waals surface area contributed by atoms with Crippen LogP contribution in [0.4, 0.5) is 0 Å². The molecule has 0 bridgehead atoms. The van der Waals surface area contributed by atoms with Crippen LogP contribution in [-0.4, -0.2) is 94.9 Å². The second-order valence-corrected chi connectivity index (χ2v) is 3.06. The zero-order chi connectivity index (χ0) is 16.6. The molecule has 12 nitrogen and oxygen atoms in total. The van der Waals surface area contributed by atoms with E-state index in [2.05, 4.69) is 0 Å². The second-order valence-electron chi connectivity index (χ2n) is 3.06. The molecule has 4 N–H and O–H groups in total. The molecule has 14 heteroatoms. The Morgan fingerprint density at radius 2 is 0.682 bits per heavy atom. The predicted molar refractivity (Wildman–Crippen MR) is 62.5 cm³/mol. The van der Waals surface area contributed by atoms with Gasteiger partial charge in [0.15, 0.2) is 0 Å². The van der Waals surface area contributed by atoms with E-state index in [1.807, 2.05) is 0 Å². The monoisotopic (exact) mass is 540 g/mol. The van der Waals surface area contributed by atoms with Gasteiger partial charge in [0, 0.05) is 8.56 Å². The summed E-state index contributed by atoms with van der Waals surface area (Å²) in [5.74, 6) is -8.23. The smallest absolute Gasteiger partial charge is 0.547 e. The average Bonchev–Trinajstić information content (AvgIpc) is 2.35. The number of carbonyl (C=O) groups excluding carboxylic acids is 4. The van der Waals surface area contributed by atoms with Gasteiger partial charge in [0.25, 0.3) is 0 Å². The van der Waals surface area contributed by atoms with Crippen LogP contribution in [-0.2, 0) is 19.2 Å². The Morgan fingerprint density at radius 3 is 0.727 bits per heavy atom. The average molecular weight is 540 g/mol. The van der Waals surface area contributed by atoms with Crippen molar-refractivity contribution >= 4 is 50.1 Å². The molecule has 0 amide bonds. The molecule has 0 aromatic rings. The van der Waals surface area contributed by atoms with Gasteiger partial charge in [-0.3, -0.25) is 0 Å². The largest absolute Gasteiger partial charge is 3.00 e. The number of carboxylic acids is 4. The molecule has 0 heterocycles. The van der Waals surface area contributed by atoms with Gasteiger partial charge in [-0.05, 0) is 0 Å². The molecule has 0 aliphatic carbocycles. The van der Waals surface area contributed by atoms with Crippen molar-refractivity contribution in [2.24, 2.45) is 0 Å². The summed E-state index contributed by atoms with van der Waals surface area (Å²) < 4.78 is 0. The van der Waals surface area contributed by atoms with Crippen LogP contribution >= 0.6 is 0 Å². The number of aliphatic carboxylic acids is 4. The topological polar surface area (TPSA) is 241 Å². The van der Waals surface area contributed by atoms with E-state index in [1.165, 1.54) is 0 Å². The van der Waals surface area contributed by atoms with Gasteiger partial charge in [-0.25, -0.2) is 0 Å². The predicted octanol–water partition coefficient (Wildman–Crippen LogP) is -11.5. The third kappa shape index (κ3) is 12.2. The number of hydrogen-bond donors (Lipinski definition) is 4. The summed E-state index contributed by atoms with van der Waals surface area (Å²) in [6.07, 6.45) is -9.76. The van der Waals surface area contributed by atoms with E-state index in [1.54, 1.807) is 0 Å². The van der Waals surface area contributed by atoms with Crippen molar-refractivity contribution in [1.82, 2.24) is 0 Å². The number of carboxylic acid groups (broad SMARTS) is 4. The Morgan fingerprint density at radius 1 is 0.591 bits per heavy atom. The fourth-order valence-corrected chi connectivity index (χ4v) is 0.516. The Kier molecular flexibility index (Phi) is 19.1. The molecule has 0 saturated carbocycles. The number of aliphatic hydroxyl groups is 4. The molecule has 4 unspecified atom stereocenters. The van der Waals surface area contributed by atoms with Gasteiger partial charge in [0.05, 0.1) is 23.9 Å². The molecule has 0 aliphatic heterocycles. The van der Waals surface area contributed by atoms with E-state index in [-0.39, 0.29) is 64.3 Å². The maximum absolute atomic E-state index is 9.63. The van der Waals surface area contributed by atoms with Gasteiger partial charge in [-0.1, -0.05) is 0 Å². The Bertz CT molecular complexity index is 336. The molecule has 0 saturated heterocycles. The second kappa shape index (κ2) is 14.2. The SMILES string of the molecule is O=C([O-])C(O)C(O)C(=O)[O-].O=C([O-])C(O)C(O)C(=O)[O-].[Bi+3].[HH].[HH].[HH].[HH].[HH].[HH].[Na+]. The van der Waals surface area contributed by atoms with Crippen LogP contribution in [0.3, 0.4) is 0 Å². The van der Waals surface area contributed by atoms with E-state index in [4.69, 9.17) is 20.4 Å². The summed E-state index contributed by atoms with van der Waals surface area (Å²) >= 11 is 0. The first-order valence-corrected chi connectivity index (χ1v) is 4.49. The van der Waals surface area contributed by atoms with E-state index in [0.29, 0.717) is 0 Å². The summed E-state index contributed by atoms with van der Waals surface area (Å²) in [5.41, 5.74) is 0. The van der Waals surface area contributed by atoms with Crippen molar-refractivity contribution in [2.45, 2.75) is 24.4 Å². The molecule has 22 heavy (non-hydrogen) atoms. The first-order valence-electron chi connectivity index (χ1n) is 4.49. The van der Waals surface area contributed by atoms with Crippen LogP contribution in [0, 0.1) is 0 Å². The van der Waals surface area contributed by atoms with Gasteiger partial charge in [-0.15, -0.1) is 0 Å². The van der Waals surface area contributed by atoms with Gasteiger partial charge < -0.3 is 60.0 Å². The molecular formula is C8H20BiNaO12. The van der Waals surface area contributed by atoms with Crippen molar-refractivity contribution in [3.8, 4) is 0 Å². The van der Waals surface area contributed by atoms with Crippen LogP contribution < -0.4 is 50.0 Å². The van der Waals surface area contributed by atoms with Gasteiger partial charge in [0.2, 0.25) is 0 Å². The van der Waals surface area contributed by atoms with Crippen LogP contribution in [0.2, 0.25) is 0 Å². The van der Waals surface area contributed by atoms with Gasteiger partial charge in [-0.2, -0.15) is 0 Å². The number of aliphatic hydroxyl groups excluding tert-OH is 4. The Labute approximate surface area is 172 Å². The van der Waals surface area contributed by atoms with E-state index in [0.717, 1.165) is 0 Å². The summed E-state index contributed by atoms with van der Waals surface area (Å²) in [6, 6.07) is 0. The molecular weight excluding hydrogens is 520 g/mol. The number of carbonyl (C=O) groups is 4. The van der Waals surface area contributed by atoms with Crippen molar-refractivity contribution in [3.63, 3.8) is 0 Å². The fourth-order valence-electron chi connectivity index (χ4n) is 0.516. The fraction of sp³-hybridized carbons (Fsp3) is 0.500. The number of rotatable bonds is 6. The zero-order valence-corrected chi connectivity index (χ0v) is 16.3. The van der Waals surface area contributed by atoms with Crippen LogP contribution in [0.25, 0.3) is 0 Å². The molecule has 2 radical (unpaired) electrons. The third-order valence-electron chi connectivity index (χ3n) is 1.56. The molecule has 0 spiro atoms. The van der Waals surface area contributed by atoms with E-state index < -0.39 is 48.3 Å². The minimum absolute atomic E-state index is 0. The summed E-state index contributed by atoms with van der Waals surface area (Å²) in [5, 5.41) is 71.5. The Balaban J connectivity index is -0.0000000225.